The molecule has 6 nitrogen and oxygen atoms in total. The van der Waals surface area contributed by atoms with E-state index in [4.69, 9.17) is 9.47 Å². The summed E-state index contributed by atoms with van der Waals surface area (Å²) in [4.78, 5) is 27.5. The number of methoxy groups -OCH3 is 1. The van der Waals surface area contributed by atoms with Crippen molar-refractivity contribution in [2.24, 2.45) is 11.3 Å². The van der Waals surface area contributed by atoms with Crippen molar-refractivity contribution in [2.45, 2.75) is 57.6 Å². The molecule has 7 heteroatoms. The maximum absolute atomic E-state index is 13.7. The van der Waals surface area contributed by atoms with Gasteiger partial charge in [0, 0.05) is 12.5 Å². The van der Waals surface area contributed by atoms with E-state index in [0.717, 1.165) is 41.7 Å². The van der Waals surface area contributed by atoms with Crippen molar-refractivity contribution in [1.82, 2.24) is 10.2 Å². The van der Waals surface area contributed by atoms with Gasteiger partial charge in [-0.05, 0) is 61.3 Å². The van der Waals surface area contributed by atoms with Gasteiger partial charge < -0.3 is 14.8 Å². The Labute approximate surface area is 177 Å². The van der Waals surface area contributed by atoms with Gasteiger partial charge >= 0.3 is 6.03 Å². The van der Waals surface area contributed by atoms with Crippen LogP contribution in [-0.4, -0.2) is 49.9 Å². The van der Waals surface area contributed by atoms with Crippen LogP contribution in [0.3, 0.4) is 0 Å². The van der Waals surface area contributed by atoms with E-state index in [2.05, 4.69) is 19.2 Å². The molecule has 2 aliphatic carbocycles. The number of rotatable bonds is 6. The second kappa shape index (κ2) is 7.84. The monoisotopic (exact) mass is 418 g/mol. The lowest BCUT2D eigenvalue weighted by atomic mass is 9.61. The van der Waals surface area contributed by atoms with Crippen LogP contribution >= 0.6 is 0 Å². The third-order valence-electron chi connectivity index (χ3n) is 7.03. The topological polar surface area (TPSA) is 67.9 Å². The standard InChI is InChI=1S/C23H31FN2O4/c1-15(2)14-30-18-5-4-16-13-22(8-6-17(29-3)7-9-22)23(19(16)12-18)20(27)26(11-10-24)21(28)25-23/h4-5,12,15,17H,6-11,13-14H2,1-3H3,(H,25,28). The number of carbonyl (C=O) groups is 2. The van der Waals surface area contributed by atoms with Crippen LogP contribution in [0.2, 0.25) is 0 Å². The van der Waals surface area contributed by atoms with Gasteiger partial charge in [-0.2, -0.15) is 0 Å². The first-order valence-corrected chi connectivity index (χ1v) is 10.9. The molecule has 1 saturated heterocycles. The number of halogens is 1. The highest BCUT2D eigenvalue weighted by Gasteiger charge is 2.68. The SMILES string of the molecule is COC1CCC2(CC1)Cc1ccc(OCC(C)C)cc1C21NC(=O)N(CCF)C1=O. The smallest absolute Gasteiger partial charge is 0.325 e. The minimum Gasteiger partial charge on any atom is -0.493 e. The van der Waals surface area contributed by atoms with Crippen LogP contribution in [0.4, 0.5) is 9.18 Å². The molecule has 3 amide bonds. The lowest BCUT2D eigenvalue weighted by Crippen LogP contribution is -2.56. The van der Waals surface area contributed by atoms with Crippen LogP contribution in [-0.2, 0) is 21.5 Å². The van der Waals surface area contributed by atoms with E-state index in [1.54, 1.807) is 7.11 Å². The molecule has 4 rings (SSSR count). The Balaban J connectivity index is 1.78. The number of hydrogen-bond acceptors (Lipinski definition) is 4. The van der Waals surface area contributed by atoms with E-state index < -0.39 is 23.7 Å². The molecule has 0 radical (unpaired) electrons. The van der Waals surface area contributed by atoms with E-state index in [1.165, 1.54) is 0 Å². The average molecular weight is 419 g/mol. The van der Waals surface area contributed by atoms with Crippen LogP contribution in [0, 0.1) is 11.3 Å². The number of imide groups is 1. The summed E-state index contributed by atoms with van der Waals surface area (Å²) in [6.45, 7) is 3.75. The number of amides is 3. The molecule has 1 heterocycles. The third-order valence-corrected chi connectivity index (χ3v) is 7.03. The van der Waals surface area contributed by atoms with Gasteiger partial charge in [0.15, 0.2) is 5.54 Å². The third kappa shape index (κ3) is 3.09. The molecule has 1 saturated carbocycles. The van der Waals surface area contributed by atoms with Crippen molar-refractivity contribution in [2.75, 3.05) is 26.9 Å². The van der Waals surface area contributed by atoms with Crippen LogP contribution < -0.4 is 10.1 Å². The molecule has 30 heavy (non-hydrogen) atoms. The molecule has 3 aliphatic rings. The summed E-state index contributed by atoms with van der Waals surface area (Å²) >= 11 is 0. The van der Waals surface area contributed by atoms with Crippen LogP contribution in [0.1, 0.15) is 50.7 Å². The number of nitrogens with one attached hydrogen (secondary N) is 1. The molecule has 1 aromatic carbocycles. The van der Waals surface area contributed by atoms with E-state index in [1.807, 2.05) is 18.2 Å². The van der Waals surface area contributed by atoms with Gasteiger partial charge in [-0.3, -0.25) is 9.69 Å². The zero-order chi connectivity index (χ0) is 21.5. The van der Waals surface area contributed by atoms with Crippen LogP contribution in [0.15, 0.2) is 18.2 Å². The Morgan fingerprint density at radius 3 is 2.63 bits per heavy atom. The Hall–Kier alpha value is -2.15. The van der Waals surface area contributed by atoms with E-state index in [-0.39, 0.29) is 18.6 Å². The fourth-order valence-corrected chi connectivity index (χ4v) is 5.53. The van der Waals surface area contributed by atoms with Gasteiger partial charge in [0.25, 0.3) is 5.91 Å². The van der Waals surface area contributed by atoms with Gasteiger partial charge in [0.05, 0.1) is 19.3 Å². The summed E-state index contributed by atoms with van der Waals surface area (Å²) < 4.78 is 24.6. The molecule has 1 aromatic rings. The molecule has 164 valence electrons. The molecule has 2 spiro atoms. The summed E-state index contributed by atoms with van der Waals surface area (Å²) in [6, 6.07) is 5.36. The molecular formula is C23H31FN2O4. The normalized spacial score (nSPS) is 30.4. The summed E-state index contributed by atoms with van der Waals surface area (Å²) in [5.41, 5.74) is 0.265. The Morgan fingerprint density at radius 1 is 1.27 bits per heavy atom. The van der Waals surface area contributed by atoms with Gasteiger partial charge in [-0.15, -0.1) is 0 Å². The number of nitrogens with zero attached hydrogens (tertiary/aromatic N) is 1. The predicted molar refractivity (Wildman–Crippen MR) is 110 cm³/mol. The van der Waals surface area contributed by atoms with Crippen molar-refractivity contribution in [3.8, 4) is 5.75 Å². The van der Waals surface area contributed by atoms with Crippen molar-refractivity contribution in [3.05, 3.63) is 29.3 Å². The number of fused-ring (bicyclic) bond motifs is 3. The Kier molecular flexibility index (Phi) is 5.51. The average Bonchev–Trinajstić information content (AvgIpc) is 3.14. The fraction of sp³-hybridized carbons (Fsp3) is 0.652. The fourth-order valence-electron chi connectivity index (χ4n) is 5.53. The number of carbonyl (C=O) groups excluding carboxylic acids is 2. The molecule has 1 aliphatic heterocycles. The molecule has 1 unspecified atom stereocenters. The molecule has 2 fully saturated rings. The summed E-state index contributed by atoms with van der Waals surface area (Å²) in [5, 5.41) is 3.03. The first kappa shape index (κ1) is 21.1. The maximum Gasteiger partial charge on any atom is 0.325 e. The first-order chi connectivity index (χ1) is 14.4. The Bertz CT molecular complexity index is 834. The van der Waals surface area contributed by atoms with Crippen molar-refractivity contribution in [3.63, 3.8) is 0 Å². The first-order valence-electron chi connectivity index (χ1n) is 10.9. The van der Waals surface area contributed by atoms with Crippen molar-refractivity contribution < 1.29 is 23.5 Å². The van der Waals surface area contributed by atoms with Gasteiger partial charge in [-0.25, -0.2) is 9.18 Å². The summed E-state index contributed by atoms with van der Waals surface area (Å²) in [6.07, 6.45) is 4.05. The maximum atomic E-state index is 13.7. The molecule has 1 atom stereocenters. The van der Waals surface area contributed by atoms with Crippen LogP contribution in [0.25, 0.3) is 0 Å². The number of alkyl halides is 1. The van der Waals surface area contributed by atoms with Crippen molar-refractivity contribution in [1.29, 1.82) is 0 Å². The van der Waals surface area contributed by atoms with Gasteiger partial charge in [-0.1, -0.05) is 19.9 Å². The second-order valence-corrected chi connectivity index (χ2v) is 9.24. The summed E-state index contributed by atoms with van der Waals surface area (Å²) in [7, 11) is 1.71. The highest BCUT2D eigenvalue weighted by atomic mass is 19.1. The zero-order valence-electron chi connectivity index (χ0n) is 18.0. The predicted octanol–water partition coefficient (Wildman–Crippen LogP) is 3.57. The molecular weight excluding hydrogens is 387 g/mol. The van der Waals surface area contributed by atoms with E-state index in [9.17, 15) is 14.0 Å². The minimum absolute atomic E-state index is 0.162. The molecule has 1 N–H and O–H groups in total. The Morgan fingerprint density at radius 2 is 2.00 bits per heavy atom. The quantitative estimate of drug-likeness (QED) is 0.717. The number of ether oxygens (including phenoxy) is 2. The molecule has 0 aromatic heterocycles. The number of urea groups is 1. The second-order valence-electron chi connectivity index (χ2n) is 9.24. The van der Waals surface area contributed by atoms with Crippen molar-refractivity contribution >= 4 is 11.9 Å². The minimum atomic E-state index is -1.16. The zero-order valence-corrected chi connectivity index (χ0v) is 18.0. The largest absolute Gasteiger partial charge is 0.493 e. The lowest BCUT2D eigenvalue weighted by Gasteiger charge is -2.46. The van der Waals surface area contributed by atoms with Gasteiger partial charge in [0.2, 0.25) is 0 Å². The number of hydrogen-bond donors (Lipinski definition) is 1. The number of benzene rings is 1. The summed E-state index contributed by atoms with van der Waals surface area (Å²) in [5.74, 6) is 0.729. The van der Waals surface area contributed by atoms with E-state index in [0.29, 0.717) is 24.7 Å². The van der Waals surface area contributed by atoms with Gasteiger partial charge in [0.1, 0.15) is 12.4 Å². The lowest BCUT2D eigenvalue weighted by molar-refractivity contribution is -0.138. The van der Waals surface area contributed by atoms with E-state index >= 15 is 0 Å². The van der Waals surface area contributed by atoms with Crippen LogP contribution in [0.5, 0.6) is 5.75 Å². The highest BCUT2D eigenvalue weighted by molar-refractivity contribution is 6.09. The highest BCUT2D eigenvalue weighted by Crippen LogP contribution is 2.60. The molecule has 0 bridgehead atoms.